The molecule has 0 saturated heterocycles. The van der Waals surface area contributed by atoms with E-state index in [0.29, 0.717) is 5.92 Å². The molecule has 0 aliphatic heterocycles. The minimum Gasteiger partial charge on any atom is 0 e. The molecule has 1 aliphatic carbocycles. The second kappa shape index (κ2) is 33.6. The first-order valence-corrected chi connectivity index (χ1v) is 13.0. The van der Waals surface area contributed by atoms with Crippen LogP contribution in [0.1, 0.15) is 40.0 Å². The molecule has 2 aromatic carbocycles. The monoisotopic (exact) mass is 660 g/mol. The third kappa shape index (κ3) is 16.4. The molecule has 0 amide bonds. The minimum absolute atomic E-state index is 0. The van der Waals surface area contributed by atoms with Crippen LogP contribution >= 0.6 is 0 Å². The summed E-state index contributed by atoms with van der Waals surface area (Å²) in [6.07, 6.45) is 13.1. The van der Waals surface area contributed by atoms with Crippen LogP contribution in [0.15, 0.2) is 72.8 Å². The zero-order chi connectivity index (χ0) is 31.3. The number of terminal acetylenes is 1. The fourth-order valence-electron chi connectivity index (χ4n) is 4.27. The van der Waals surface area contributed by atoms with E-state index in [1.165, 1.54) is 10.4 Å². The maximum atomic E-state index is 7.50. The summed E-state index contributed by atoms with van der Waals surface area (Å²) in [5, 5.41) is 2.69. The minimum atomic E-state index is -2.49. The van der Waals surface area contributed by atoms with Gasteiger partial charge in [-0.15, -0.1) is 12.3 Å². The molecule has 0 saturated carbocycles. The fourth-order valence-corrected chi connectivity index (χ4v) is 9.01. The van der Waals surface area contributed by atoms with Crippen LogP contribution in [0.3, 0.4) is 0 Å². The van der Waals surface area contributed by atoms with Gasteiger partial charge in [-0.1, -0.05) is 93.6 Å². The van der Waals surface area contributed by atoms with E-state index in [4.69, 9.17) is 38.8 Å². The van der Waals surface area contributed by atoms with Gasteiger partial charge < -0.3 is 4.43 Å². The summed E-state index contributed by atoms with van der Waals surface area (Å²) in [7, 11) is -2.49. The molecule has 1 aliphatic rings. The number of rotatable bonds is 6. The Kier molecular flexibility index (Phi) is 41.9. The van der Waals surface area contributed by atoms with E-state index in [1.54, 1.807) is 0 Å². The third-order valence-electron chi connectivity index (χ3n) is 5.60. The maximum Gasteiger partial charge on any atom is 0 e. The van der Waals surface area contributed by atoms with Crippen molar-refractivity contribution in [3.05, 3.63) is 113 Å². The normalized spacial score (nSPS) is 13.3. The van der Waals surface area contributed by atoms with Crippen LogP contribution in [0, 0.1) is 58.2 Å². The zero-order valence-corrected chi connectivity index (χ0v) is 25.9. The molecular weight excluding hydrogens is 630 g/mol. The first-order valence-electron chi connectivity index (χ1n) is 11.1. The standard InChI is InChI=1S/C25H30OSi.6CO.2Co/c1-5-6-14-21-15-13-20-24(21)26-27(25(2,3)4,22-16-9-7-10-17-22)23-18-11-8-12-19-23;6*1-2;;/h1,7-13,15-19,21,24H,6,14,20H2,2-4H3;;;;;;;;/t21-,24+;;;;;;;;/m1......../s1. The molecule has 2 radical (unpaired) electrons. The summed E-state index contributed by atoms with van der Waals surface area (Å²) in [6, 6.07) is 21.7. The van der Waals surface area contributed by atoms with E-state index >= 15 is 0 Å². The van der Waals surface area contributed by atoms with Crippen LogP contribution in [0.5, 0.6) is 0 Å². The Morgan fingerprint density at radius 3 is 1.44 bits per heavy atom. The van der Waals surface area contributed by atoms with Gasteiger partial charge in [-0.3, -0.25) is 0 Å². The second-order valence-corrected chi connectivity index (χ2v) is 12.6. The molecular formula is C31H30Co2O7Si. The molecule has 0 bridgehead atoms. The van der Waals surface area contributed by atoms with Crippen molar-refractivity contribution in [3.63, 3.8) is 0 Å². The van der Waals surface area contributed by atoms with Crippen molar-refractivity contribution in [1.82, 2.24) is 0 Å². The summed E-state index contributed by atoms with van der Waals surface area (Å²) in [5.74, 6) is 3.20. The van der Waals surface area contributed by atoms with Gasteiger partial charge in [0.1, 0.15) is 0 Å². The summed E-state index contributed by atoms with van der Waals surface area (Å²) in [6.45, 7) is 34.0. The average Bonchev–Trinajstić information content (AvgIpc) is 3.47. The van der Waals surface area contributed by atoms with Gasteiger partial charge in [0.15, 0.2) is 0 Å². The predicted molar refractivity (Wildman–Crippen MR) is 141 cm³/mol. The largest absolute Gasteiger partial charge is 0 e. The Hall–Kier alpha value is -2.63. The van der Waals surface area contributed by atoms with Crippen LogP contribution in [0.4, 0.5) is 0 Å². The quantitative estimate of drug-likeness (QED) is 0.144. The Balaban J connectivity index is -0.000000195. The van der Waals surface area contributed by atoms with E-state index < -0.39 is 8.32 Å². The first kappa shape index (κ1) is 51.1. The van der Waals surface area contributed by atoms with E-state index in [-0.39, 0.29) is 44.7 Å². The predicted octanol–water partition coefficient (Wildman–Crippen LogP) is 4.69. The molecule has 218 valence electrons. The molecule has 2 aromatic rings. The van der Waals surface area contributed by atoms with Gasteiger partial charge in [-0.25, -0.2) is 0 Å². The summed E-state index contributed by atoms with van der Waals surface area (Å²) < 4.78 is 52.3. The van der Waals surface area contributed by atoms with Crippen LogP contribution < -0.4 is 10.4 Å². The molecule has 2 atom stereocenters. The summed E-state index contributed by atoms with van der Waals surface area (Å²) >= 11 is 0. The number of hydrogen-bond acceptors (Lipinski definition) is 1. The molecule has 3 rings (SSSR count). The van der Waals surface area contributed by atoms with Crippen LogP contribution in [-0.2, 0) is 65.9 Å². The van der Waals surface area contributed by atoms with Gasteiger partial charge in [0.05, 0.1) is 6.10 Å². The van der Waals surface area contributed by atoms with Crippen molar-refractivity contribution in [3.8, 4) is 12.3 Å². The molecule has 0 aromatic heterocycles. The maximum absolute atomic E-state index is 7.50. The zero-order valence-electron chi connectivity index (χ0n) is 22.8. The molecule has 0 unspecified atom stereocenters. The number of hydrogen-bond donors (Lipinski definition) is 0. The summed E-state index contributed by atoms with van der Waals surface area (Å²) in [4.78, 5) is 0. The van der Waals surface area contributed by atoms with Gasteiger partial charge >= 0.3 is 67.8 Å². The summed E-state index contributed by atoms with van der Waals surface area (Å²) in [5.41, 5.74) is 0. The Labute approximate surface area is 265 Å². The number of benzene rings is 2. The Bertz CT molecular complexity index is 992. The van der Waals surface area contributed by atoms with Gasteiger partial charge in [0.25, 0.3) is 8.32 Å². The van der Waals surface area contributed by atoms with Crippen molar-refractivity contribution in [1.29, 1.82) is 0 Å². The van der Waals surface area contributed by atoms with Crippen LogP contribution in [0.2, 0.25) is 5.04 Å². The van der Waals surface area contributed by atoms with Crippen LogP contribution in [-0.4, -0.2) is 14.4 Å². The van der Waals surface area contributed by atoms with Crippen molar-refractivity contribution in [2.45, 2.75) is 51.2 Å². The molecule has 10 heteroatoms. The first-order chi connectivity index (χ1) is 19.0. The van der Waals surface area contributed by atoms with Crippen LogP contribution in [0.25, 0.3) is 0 Å². The van der Waals surface area contributed by atoms with E-state index in [0.717, 1.165) is 19.3 Å². The molecule has 0 N–H and O–H groups in total. The van der Waals surface area contributed by atoms with Crippen molar-refractivity contribution in [2.75, 3.05) is 0 Å². The van der Waals surface area contributed by atoms with Gasteiger partial charge in [-0.2, -0.15) is 0 Å². The second-order valence-electron chi connectivity index (χ2n) is 8.39. The van der Waals surface area contributed by atoms with Crippen molar-refractivity contribution >= 4 is 18.7 Å². The molecule has 0 heterocycles. The topological polar surface area (TPSA) is 129 Å². The van der Waals surface area contributed by atoms with E-state index in [1.807, 2.05) is 0 Å². The fraction of sp³-hybridized carbons (Fsp3) is 0.290. The van der Waals surface area contributed by atoms with Gasteiger partial charge in [0.2, 0.25) is 0 Å². The molecule has 7 nitrogen and oxygen atoms in total. The smallest absolute Gasteiger partial charge is 0 e. The third-order valence-corrected chi connectivity index (χ3v) is 10.7. The molecule has 41 heavy (non-hydrogen) atoms. The Morgan fingerprint density at radius 1 is 0.756 bits per heavy atom. The molecule has 0 spiro atoms. The Morgan fingerprint density at radius 2 is 1.12 bits per heavy atom. The average molecular weight is 661 g/mol. The van der Waals surface area contributed by atoms with Crippen molar-refractivity contribution in [2.24, 2.45) is 5.92 Å². The van der Waals surface area contributed by atoms with E-state index in [9.17, 15) is 0 Å². The van der Waals surface area contributed by atoms with Crippen molar-refractivity contribution < 1.29 is 65.9 Å². The van der Waals surface area contributed by atoms with E-state index in [2.05, 4.69) is 139 Å². The molecule has 0 fully saturated rings. The SMILES string of the molecule is C#CCC[C@@H]1C=CC[C@@H]1O[Si](c1ccccc1)(c1ccccc1)C(C)(C)C.[C-]#[O+].[C-]#[O+].[C-]#[O+].[C-]#[O+].[C-]#[O+].[C-]#[O+].[Co].[Co]. The van der Waals surface area contributed by atoms with Gasteiger partial charge in [-0.05, 0) is 28.3 Å². The van der Waals surface area contributed by atoms with Gasteiger partial charge in [0, 0.05) is 45.9 Å².